The molecule has 1 aromatic rings. The van der Waals surface area contributed by atoms with Crippen LogP contribution in [0.2, 0.25) is 0 Å². The molecule has 1 aliphatic heterocycles. The van der Waals surface area contributed by atoms with Crippen LogP contribution in [0.3, 0.4) is 0 Å². The third kappa shape index (κ3) is 2.19. The molecule has 1 heterocycles. The number of phenolic OH excluding ortho intramolecular Hbond substituents is 2. The molecule has 2 N–H and O–H groups in total. The summed E-state index contributed by atoms with van der Waals surface area (Å²) < 4.78 is 5.88. The number of nitrogens with zero attached hydrogens (tertiary/aromatic N) is 1. The number of phenols is 2. The van der Waals surface area contributed by atoms with Gasteiger partial charge in [-0.25, -0.2) is 0 Å². The minimum atomic E-state index is -0.0292. The van der Waals surface area contributed by atoms with Crippen molar-refractivity contribution in [2.45, 2.75) is 38.3 Å². The van der Waals surface area contributed by atoms with E-state index in [1.165, 1.54) is 0 Å². The molecule has 0 unspecified atom stereocenters. The van der Waals surface area contributed by atoms with Crippen molar-refractivity contribution in [2.75, 3.05) is 19.7 Å². The van der Waals surface area contributed by atoms with Crippen molar-refractivity contribution < 1.29 is 14.9 Å². The van der Waals surface area contributed by atoms with E-state index in [0.717, 1.165) is 43.7 Å². The number of benzene rings is 1. The number of aromatic hydroxyl groups is 2. The van der Waals surface area contributed by atoms with Crippen LogP contribution < -0.4 is 0 Å². The molecule has 1 aromatic carbocycles. The molecule has 2 atom stereocenters. The lowest BCUT2D eigenvalue weighted by Crippen LogP contribution is -2.55. The zero-order chi connectivity index (χ0) is 13.4. The van der Waals surface area contributed by atoms with E-state index < -0.39 is 0 Å². The minimum absolute atomic E-state index is 0.0292. The van der Waals surface area contributed by atoms with Gasteiger partial charge in [0.15, 0.2) is 11.5 Å². The molecule has 19 heavy (non-hydrogen) atoms. The van der Waals surface area contributed by atoms with Crippen LogP contribution in [0.15, 0.2) is 12.1 Å². The second-order valence-electron chi connectivity index (χ2n) is 5.49. The molecule has 0 amide bonds. The number of rotatable bonds is 2. The van der Waals surface area contributed by atoms with Gasteiger partial charge in [0.2, 0.25) is 0 Å². The third-order valence-corrected chi connectivity index (χ3v) is 4.31. The summed E-state index contributed by atoms with van der Waals surface area (Å²) in [6, 6.07) is 3.92. The lowest BCUT2D eigenvalue weighted by molar-refractivity contribution is -0.0741. The van der Waals surface area contributed by atoms with Crippen molar-refractivity contribution in [1.29, 1.82) is 0 Å². The van der Waals surface area contributed by atoms with Crippen molar-refractivity contribution in [1.82, 2.24) is 4.90 Å². The summed E-state index contributed by atoms with van der Waals surface area (Å²) in [5.41, 5.74) is 2.00. The molecule has 4 nitrogen and oxygen atoms in total. The first-order valence-electron chi connectivity index (χ1n) is 7.09. The molecule has 2 aliphatic rings. The summed E-state index contributed by atoms with van der Waals surface area (Å²) in [5, 5.41) is 19.6. The fourth-order valence-corrected chi connectivity index (χ4v) is 3.36. The Bertz CT molecular complexity index is 473. The molecule has 1 saturated heterocycles. The Hall–Kier alpha value is -1.26. The van der Waals surface area contributed by atoms with Crippen LogP contribution in [-0.4, -0.2) is 47.0 Å². The van der Waals surface area contributed by atoms with Gasteiger partial charge in [-0.05, 0) is 31.0 Å². The molecule has 0 saturated carbocycles. The molecule has 0 spiro atoms. The van der Waals surface area contributed by atoms with Crippen molar-refractivity contribution >= 4 is 0 Å². The van der Waals surface area contributed by atoms with Crippen molar-refractivity contribution in [3.05, 3.63) is 23.3 Å². The number of hydrogen-bond donors (Lipinski definition) is 2. The zero-order valence-electron chi connectivity index (χ0n) is 11.3. The van der Waals surface area contributed by atoms with Crippen LogP contribution in [0.1, 0.15) is 24.5 Å². The van der Waals surface area contributed by atoms with E-state index in [1.807, 2.05) is 6.07 Å². The van der Waals surface area contributed by atoms with Crippen LogP contribution in [-0.2, 0) is 17.6 Å². The van der Waals surface area contributed by atoms with E-state index in [9.17, 15) is 10.2 Å². The number of fused-ring (bicyclic) bond motifs is 2. The highest BCUT2D eigenvalue weighted by molar-refractivity contribution is 5.50. The van der Waals surface area contributed by atoms with E-state index in [2.05, 4.69) is 11.8 Å². The molecule has 1 aliphatic carbocycles. The van der Waals surface area contributed by atoms with Gasteiger partial charge in [0.05, 0.1) is 12.7 Å². The smallest absolute Gasteiger partial charge is 0.161 e. The van der Waals surface area contributed by atoms with Crippen LogP contribution in [0.25, 0.3) is 0 Å². The SMILES string of the molecule is CCCN1CCO[C@@H]2Cc3c(ccc(O)c3O)C[C@H]21. The maximum absolute atomic E-state index is 9.98. The average molecular weight is 263 g/mol. The maximum atomic E-state index is 9.98. The van der Waals surface area contributed by atoms with Crippen LogP contribution >= 0.6 is 0 Å². The topological polar surface area (TPSA) is 52.9 Å². The van der Waals surface area contributed by atoms with Crippen molar-refractivity contribution in [2.24, 2.45) is 0 Å². The summed E-state index contributed by atoms with van der Waals surface area (Å²) in [7, 11) is 0. The van der Waals surface area contributed by atoms with Gasteiger partial charge < -0.3 is 14.9 Å². The highest BCUT2D eigenvalue weighted by Gasteiger charge is 2.37. The number of hydrogen-bond acceptors (Lipinski definition) is 4. The molecule has 0 radical (unpaired) electrons. The van der Waals surface area contributed by atoms with Crippen LogP contribution in [0, 0.1) is 0 Å². The van der Waals surface area contributed by atoms with E-state index >= 15 is 0 Å². The van der Waals surface area contributed by atoms with Gasteiger partial charge in [0, 0.05) is 24.6 Å². The molecule has 0 aromatic heterocycles. The standard InChI is InChI=1S/C15H21NO3/c1-2-5-16-6-7-19-14-9-11-10(8-12(14)16)3-4-13(17)15(11)18/h3-4,12,14,17-18H,2,5-9H2,1H3/t12-,14-/m1/s1. The summed E-state index contributed by atoms with van der Waals surface area (Å²) in [4.78, 5) is 2.50. The Morgan fingerprint density at radius 2 is 2.16 bits per heavy atom. The van der Waals surface area contributed by atoms with E-state index in [1.54, 1.807) is 6.07 Å². The normalized spacial score (nSPS) is 26.8. The van der Waals surface area contributed by atoms with Crippen LogP contribution in [0.4, 0.5) is 0 Å². The first kappa shape index (κ1) is 12.8. The lowest BCUT2D eigenvalue weighted by Gasteiger charge is -2.44. The van der Waals surface area contributed by atoms with Gasteiger partial charge in [-0.2, -0.15) is 0 Å². The van der Waals surface area contributed by atoms with E-state index in [0.29, 0.717) is 12.5 Å². The Balaban J connectivity index is 1.90. The predicted octanol–water partition coefficient (Wildman–Crippen LogP) is 1.68. The Kier molecular flexibility index (Phi) is 3.37. The predicted molar refractivity (Wildman–Crippen MR) is 72.6 cm³/mol. The van der Waals surface area contributed by atoms with Gasteiger partial charge in [-0.3, -0.25) is 4.90 Å². The summed E-state index contributed by atoms with van der Waals surface area (Å²) in [6.07, 6.45) is 2.88. The van der Waals surface area contributed by atoms with Gasteiger partial charge in [0.1, 0.15) is 0 Å². The molecular weight excluding hydrogens is 242 g/mol. The lowest BCUT2D eigenvalue weighted by atomic mass is 9.83. The monoisotopic (exact) mass is 263 g/mol. The quantitative estimate of drug-likeness (QED) is 0.797. The second kappa shape index (κ2) is 5.02. The van der Waals surface area contributed by atoms with E-state index in [-0.39, 0.29) is 17.6 Å². The summed E-state index contributed by atoms with van der Waals surface area (Å²) in [5.74, 6) is 0.00517. The maximum Gasteiger partial charge on any atom is 0.161 e. The van der Waals surface area contributed by atoms with Gasteiger partial charge in [0.25, 0.3) is 0 Å². The molecule has 0 bridgehead atoms. The van der Waals surface area contributed by atoms with Gasteiger partial charge in [-0.15, -0.1) is 0 Å². The first-order chi connectivity index (χ1) is 9.20. The first-order valence-corrected chi connectivity index (χ1v) is 7.09. The zero-order valence-corrected chi connectivity index (χ0v) is 11.3. The molecule has 104 valence electrons. The number of ether oxygens (including phenoxy) is 1. The van der Waals surface area contributed by atoms with Crippen LogP contribution in [0.5, 0.6) is 11.5 Å². The fraction of sp³-hybridized carbons (Fsp3) is 0.600. The molecule has 1 fully saturated rings. The van der Waals surface area contributed by atoms with Gasteiger partial charge >= 0.3 is 0 Å². The second-order valence-corrected chi connectivity index (χ2v) is 5.49. The highest BCUT2D eigenvalue weighted by Crippen LogP contribution is 2.38. The average Bonchev–Trinajstić information content (AvgIpc) is 2.42. The summed E-state index contributed by atoms with van der Waals surface area (Å²) in [6.45, 7) is 5.06. The third-order valence-electron chi connectivity index (χ3n) is 4.31. The highest BCUT2D eigenvalue weighted by atomic mass is 16.5. The summed E-state index contributed by atoms with van der Waals surface area (Å²) >= 11 is 0. The molecular formula is C15H21NO3. The van der Waals surface area contributed by atoms with E-state index in [4.69, 9.17) is 4.74 Å². The molecule has 3 rings (SSSR count). The van der Waals surface area contributed by atoms with Gasteiger partial charge in [-0.1, -0.05) is 13.0 Å². The Morgan fingerprint density at radius 1 is 1.32 bits per heavy atom. The fourth-order valence-electron chi connectivity index (χ4n) is 3.36. The van der Waals surface area contributed by atoms with Crippen molar-refractivity contribution in [3.8, 4) is 11.5 Å². The minimum Gasteiger partial charge on any atom is -0.504 e. The number of morpholine rings is 1. The molecule has 4 heteroatoms. The Labute approximate surface area is 113 Å². The largest absolute Gasteiger partial charge is 0.504 e. The van der Waals surface area contributed by atoms with Crippen molar-refractivity contribution in [3.63, 3.8) is 0 Å². The Morgan fingerprint density at radius 3 is 2.95 bits per heavy atom.